The minimum atomic E-state index is -0.350. The number of rotatable bonds is 5. The van der Waals surface area contributed by atoms with Crippen molar-refractivity contribution in [1.29, 1.82) is 0 Å². The van der Waals surface area contributed by atoms with Gasteiger partial charge in [0.15, 0.2) is 0 Å². The van der Waals surface area contributed by atoms with Crippen molar-refractivity contribution in [3.05, 3.63) is 59.9 Å². The molecule has 0 fully saturated rings. The molecular formula is C20H21FN2O2S. The highest BCUT2D eigenvalue weighted by atomic mass is 32.2. The van der Waals surface area contributed by atoms with Gasteiger partial charge in [0.2, 0.25) is 11.8 Å². The number of fused-ring (bicyclic) bond motifs is 1. The zero-order valence-corrected chi connectivity index (χ0v) is 15.6. The molecule has 26 heavy (non-hydrogen) atoms. The molecule has 2 amide bonds. The van der Waals surface area contributed by atoms with Gasteiger partial charge in [-0.2, -0.15) is 0 Å². The fourth-order valence-corrected chi connectivity index (χ4v) is 3.79. The molecule has 4 nitrogen and oxygen atoms in total. The fraction of sp³-hybridized carbons (Fsp3) is 0.300. The molecule has 0 radical (unpaired) electrons. The predicted molar refractivity (Wildman–Crippen MR) is 104 cm³/mol. The summed E-state index contributed by atoms with van der Waals surface area (Å²) in [7, 11) is 0. The topological polar surface area (TPSA) is 49.4 Å². The Morgan fingerprint density at radius 2 is 1.92 bits per heavy atom. The van der Waals surface area contributed by atoms with E-state index >= 15 is 0 Å². The minimum absolute atomic E-state index is 0.0152. The SMILES string of the molecule is C[C@@H](SCC(=O)Nc1ccc(F)cc1)C(=O)N1C[C@H](C)c2ccccc21. The second-order valence-corrected chi connectivity index (χ2v) is 7.75. The quantitative estimate of drug-likeness (QED) is 0.862. The van der Waals surface area contributed by atoms with E-state index < -0.39 is 0 Å². The number of para-hydroxylation sites is 1. The van der Waals surface area contributed by atoms with Gasteiger partial charge in [-0.3, -0.25) is 9.59 Å². The molecule has 0 aliphatic carbocycles. The van der Waals surface area contributed by atoms with E-state index in [1.54, 1.807) is 0 Å². The predicted octanol–water partition coefficient (Wildman–Crippen LogP) is 4.04. The number of hydrogen-bond acceptors (Lipinski definition) is 3. The molecule has 136 valence electrons. The van der Waals surface area contributed by atoms with E-state index in [9.17, 15) is 14.0 Å². The van der Waals surface area contributed by atoms with Gasteiger partial charge >= 0.3 is 0 Å². The van der Waals surface area contributed by atoms with E-state index in [-0.39, 0.29) is 28.6 Å². The van der Waals surface area contributed by atoms with Crippen LogP contribution in [0.2, 0.25) is 0 Å². The zero-order valence-electron chi connectivity index (χ0n) is 14.7. The van der Waals surface area contributed by atoms with Gasteiger partial charge in [0.25, 0.3) is 0 Å². The molecule has 2 aromatic carbocycles. The summed E-state index contributed by atoms with van der Waals surface area (Å²) in [5, 5.41) is 2.38. The lowest BCUT2D eigenvalue weighted by atomic mass is 10.0. The first-order valence-electron chi connectivity index (χ1n) is 8.53. The smallest absolute Gasteiger partial charge is 0.239 e. The van der Waals surface area contributed by atoms with Gasteiger partial charge in [-0.25, -0.2) is 4.39 Å². The van der Waals surface area contributed by atoms with E-state index in [1.165, 1.54) is 41.6 Å². The third kappa shape index (κ3) is 4.07. The highest BCUT2D eigenvalue weighted by Crippen LogP contribution is 2.36. The highest BCUT2D eigenvalue weighted by Gasteiger charge is 2.32. The van der Waals surface area contributed by atoms with Crippen molar-refractivity contribution in [2.24, 2.45) is 0 Å². The summed E-state index contributed by atoms with van der Waals surface area (Å²) in [6, 6.07) is 13.6. The lowest BCUT2D eigenvalue weighted by Gasteiger charge is -2.21. The van der Waals surface area contributed by atoms with Gasteiger partial charge in [-0.15, -0.1) is 11.8 Å². The lowest BCUT2D eigenvalue weighted by Crippen LogP contribution is -2.36. The molecule has 2 atom stereocenters. The lowest BCUT2D eigenvalue weighted by molar-refractivity contribution is -0.117. The van der Waals surface area contributed by atoms with Gasteiger partial charge in [-0.1, -0.05) is 25.1 Å². The van der Waals surface area contributed by atoms with Crippen LogP contribution < -0.4 is 10.2 Å². The maximum Gasteiger partial charge on any atom is 0.239 e. The number of carbonyl (C=O) groups excluding carboxylic acids is 2. The number of carbonyl (C=O) groups is 2. The number of nitrogens with one attached hydrogen (secondary N) is 1. The average molecular weight is 372 g/mol. The monoisotopic (exact) mass is 372 g/mol. The summed E-state index contributed by atoms with van der Waals surface area (Å²) in [5.74, 6) is -0.0707. The highest BCUT2D eigenvalue weighted by molar-refractivity contribution is 8.01. The second-order valence-electron chi connectivity index (χ2n) is 6.42. The summed E-state index contributed by atoms with van der Waals surface area (Å²) >= 11 is 1.30. The van der Waals surface area contributed by atoms with E-state index in [1.807, 2.05) is 30.0 Å². The van der Waals surface area contributed by atoms with Crippen LogP contribution in [0, 0.1) is 5.82 Å². The van der Waals surface area contributed by atoms with Crippen LogP contribution in [-0.4, -0.2) is 29.4 Å². The van der Waals surface area contributed by atoms with Crippen LogP contribution in [0.15, 0.2) is 48.5 Å². The molecule has 1 aliphatic heterocycles. The molecule has 1 N–H and O–H groups in total. The number of anilines is 2. The van der Waals surface area contributed by atoms with Crippen LogP contribution >= 0.6 is 11.8 Å². The Bertz CT molecular complexity index is 810. The second kappa shape index (κ2) is 7.91. The Hall–Kier alpha value is -2.34. The van der Waals surface area contributed by atoms with Gasteiger partial charge < -0.3 is 10.2 Å². The first-order chi connectivity index (χ1) is 12.5. The van der Waals surface area contributed by atoms with Crippen LogP contribution in [0.4, 0.5) is 15.8 Å². The van der Waals surface area contributed by atoms with Gasteiger partial charge in [0, 0.05) is 23.8 Å². The molecule has 1 aliphatic rings. The molecular weight excluding hydrogens is 351 g/mol. The molecule has 3 rings (SSSR count). The molecule has 0 unspecified atom stereocenters. The number of benzene rings is 2. The standard InChI is InChI=1S/C20H21FN2O2S/c1-13-11-23(18-6-4-3-5-17(13)18)20(25)14(2)26-12-19(24)22-16-9-7-15(21)8-10-16/h3-10,13-14H,11-12H2,1-2H3,(H,22,24)/t13-,14+/m0/s1. The van der Waals surface area contributed by atoms with E-state index in [0.29, 0.717) is 18.2 Å². The van der Waals surface area contributed by atoms with Gasteiger partial charge in [0.1, 0.15) is 5.82 Å². The maximum absolute atomic E-state index is 12.9. The van der Waals surface area contributed by atoms with Crippen LogP contribution in [0.3, 0.4) is 0 Å². The normalized spacial score (nSPS) is 16.9. The van der Waals surface area contributed by atoms with Crippen molar-refractivity contribution < 1.29 is 14.0 Å². The van der Waals surface area contributed by atoms with Gasteiger partial charge in [0.05, 0.1) is 11.0 Å². The Balaban J connectivity index is 1.55. The summed E-state index contributed by atoms with van der Waals surface area (Å²) in [6.45, 7) is 4.61. The van der Waals surface area contributed by atoms with Crippen molar-refractivity contribution in [1.82, 2.24) is 0 Å². The molecule has 0 saturated heterocycles. The Labute approximate surface area is 156 Å². The number of thioether (sulfide) groups is 1. The molecule has 0 spiro atoms. The van der Waals surface area contributed by atoms with Crippen molar-refractivity contribution in [3.8, 4) is 0 Å². The Morgan fingerprint density at radius 1 is 1.23 bits per heavy atom. The summed E-state index contributed by atoms with van der Waals surface area (Å²) in [5.41, 5.74) is 2.69. The number of hydrogen-bond donors (Lipinski definition) is 1. The van der Waals surface area contributed by atoms with Crippen molar-refractivity contribution in [3.63, 3.8) is 0 Å². The summed E-state index contributed by atoms with van der Waals surface area (Å²) in [6.07, 6.45) is 0. The first kappa shape index (κ1) is 18.5. The zero-order chi connectivity index (χ0) is 18.7. The van der Waals surface area contributed by atoms with E-state index in [0.717, 1.165) is 5.69 Å². The van der Waals surface area contributed by atoms with Crippen molar-refractivity contribution in [2.45, 2.75) is 25.0 Å². The number of amides is 2. The third-order valence-electron chi connectivity index (χ3n) is 4.42. The summed E-state index contributed by atoms with van der Waals surface area (Å²) in [4.78, 5) is 26.7. The molecule has 6 heteroatoms. The Kier molecular flexibility index (Phi) is 5.61. The van der Waals surface area contributed by atoms with E-state index in [4.69, 9.17) is 0 Å². The fourth-order valence-electron chi connectivity index (χ4n) is 3.05. The molecule has 0 bridgehead atoms. The Morgan fingerprint density at radius 3 is 2.65 bits per heavy atom. The van der Waals surface area contributed by atoms with Crippen LogP contribution in [-0.2, 0) is 9.59 Å². The largest absolute Gasteiger partial charge is 0.325 e. The minimum Gasteiger partial charge on any atom is -0.325 e. The van der Waals surface area contributed by atoms with Crippen LogP contribution in [0.1, 0.15) is 25.3 Å². The molecule has 0 saturated carbocycles. The molecule has 1 heterocycles. The number of nitrogens with zero attached hydrogens (tertiary/aromatic N) is 1. The van der Waals surface area contributed by atoms with Crippen LogP contribution in [0.25, 0.3) is 0 Å². The van der Waals surface area contributed by atoms with Crippen molar-refractivity contribution >= 4 is 35.0 Å². The first-order valence-corrected chi connectivity index (χ1v) is 9.58. The molecule has 2 aromatic rings. The van der Waals surface area contributed by atoms with Crippen molar-refractivity contribution in [2.75, 3.05) is 22.5 Å². The molecule has 0 aromatic heterocycles. The number of halogens is 1. The third-order valence-corrected chi connectivity index (χ3v) is 5.55. The average Bonchev–Trinajstić information content (AvgIpc) is 2.98. The van der Waals surface area contributed by atoms with Gasteiger partial charge in [-0.05, 0) is 42.8 Å². The van der Waals surface area contributed by atoms with E-state index in [2.05, 4.69) is 18.3 Å². The summed E-state index contributed by atoms with van der Waals surface area (Å²) < 4.78 is 12.9. The van der Waals surface area contributed by atoms with Crippen LogP contribution in [0.5, 0.6) is 0 Å². The maximum atomic E-state index is 12.9.